The van der Waals surface area contributed by atoms with Gasteiger partial charge in [-0.15, -0.1) is 0 Å². The highest BCUT2D eigenvalue weighted by Gasteiger charge is 2.62. The average Bonchev–Trinajstić information content (AvgIpc) is 3.56. The summed E-state index contributed by atoms with van der Waals surface area (Å²) < 4.78 is 26.5. The molecule has 1 aromatic carbocycles. The van der Waals surface area contributed by atoms with Crippen molar-refractivity contribution in [1.29, 1.82) is 0 Å². The molecule has 0 bridgehead atoms. The number of amides is 7. The number of piperidine rings is 1. The lowest BCUT2D eigenvalue weighted by Gasteiger charge is -2.41. The third-order valence-electron chi connectivity index (χ3n) is 14.7. The number of methoxy groups -OCH3 is 2. The molecule has 1 saturated heterocycles. The van der Waals surface area contributed by atoms with Crippen LogP contribution in [0.1, 0.15) is 106 Å². The fourth-order valence-corrected chi connectivity index (χ4v) is 10.4. The molecule has 1 aliphatic carbocycles. The maximum atomic E-state index is 14.7. The number of nitrogens with one attached hydrogen (secondary N) is 2. The van der Waals surface area contributed by atoms with E-state index in [1.165, 1.54) is 49.5 Å². The van der Waals surface area contributed by atoms with Crippen LogP contribution in [-0.2, 0) is 54.3 Å². The van der Waals surface area contributed by atoms with E-state index in [4.69, 9.17) is 9.47 Å². The van der Waals surface area contributed by atoms with Gasteiger partial charge in [0.05, 0.1) is 36.6 Å². The van der Waals surface area contributed by atoms with Crippen LogP contribution >= 0.6 is 0 Å². The molecule has 12 atom stereocenters. The van der Waals surface area contributed by atoms with Gasteiger partial charge in [0.2, 0.25) is 29.5 Å². The third-order valence-corrected chi connectivity index (χ3v) is 14.7. The van der Waals surface area contributed by atoms with Crippen LogP contribution < -0.4 is 10.6 Å². The molecule has 18 heteroatoms. The van der Waals surface area contributed by atoms with Crippen LogP contribution in [0.3, 0.4) is 0 Å². The van der Waals surface area contributed by atoms with Gasteiger partial charge in [0.15, 0.2) is 0 Å². The van der Waals surface area contributed by atoms with Crippen LogP contribution in [-0.4, -0.2) is 155 Å². The summed E-state index contributed by atoms with van der Waals surface area (Å²) >= 11 is 0. The second-order valence-electron chi connectivity index (χ2n) is 20.0. The number of rotatable bonds is 27. The Morgan fingerprint density at radius 3 is 2.06 bits per heavy atom. The second-order valence-corrected chi connectivity index (χ2v) is 20.0. The Kier molecular flexibility index (Phi) is 20.5. The highest BCUT2D eigenvalue weighted by atomic mass is 19.1. The van der Waals surface area contributed by atoms with Gasteiger partial charge in [-0.25, -0.2) is 9.18 Å². The molecule has 7 amide bonds. The van der Waals surface area contributed by atoms with Crippen molar-refractivity contribution in [3.8, 4) is 0 Å². The monoisotopic (exact) mass is 969 g/mol. The molecule has 1 aromatic rings. The third kappa shape index (κ3) is 13.6. The van der Waals surface area contributed by atoms with Crippen LogP contribution in [0.4, 0.5) is 4.39 Å². The first-order chi connectivity index (χ1) is 32.5. The number of hydrogen-bond acceptors (Lipinski definition) is 10. The molecular weight excluding hydrogens is 892 g/mol. The maximum absolute atomic E-state index is 14.7. The summed E-state index contributed by atoms with van der Waals surface area (Å²) in [6.45, 7) is 15.2. The molecule has 2 fully saturated rings. The SMILES string of the molecule is CC[C@H](C)[C@@H]([C@@H](CC(=O)N1C2C(C[C@H]1[C@H](OC)[C@@H](C)C(=O)N[C@@H](Cc1ccccc1F)C(=O)O)[C@@H]2C)OC)N(C)C(=O)[C@@H](NC(=O)[C@H](C(C)C)N(C)C(=O)CCCCCN1C(=O)C=CC1=O)C(C)C. The van der Waals surface area contributed by atoms with Gasteiger partial charge in [0.25, 0.3) is 11.8 Å². The molecule has 4 rings (SSSR count). The van der Waals surface area contributed by atoms with Crippen molar-refractivity contribution >= 4 is 47.3 Å². The summed E-state index contributed by atoms with van der Waals surface area (Å²) in [5, 5.41) is 15.5. The molecule has 17 nitrogen and oxygen atoms in total. The van der Waals surface area contributed by atoms with Gasteiger partial charge in [-0.1, -0.05) is 86.4 Å². The van der Waals surface area contributed by atoms with Gasteiger partial charge in [-0.2, -0.15) is 0 Å². The highest BCUT2D eigenvalue weighted by Crippen LogP contribution is 2.54. The van der Waals surface area contributed by atoms with Crippen LogP contribution in [0.15, 0.2) is 36.4 Å². The lowest BCUT2D eigenvalue weighted by atomic mass is 9.89. The first-order valence-corrected chi connectivity index (χ1v) is 24.5. The largest absolute Gasteiger partial charge is 0.480 e. The molecule has 69 heavy (non-hydrogen) atoms. The van der Waals surface area contributed by atoms with Gasteiger partial charge in [-0.05, 0) is 60.5 Å². The van der Waals surface area contributed by atoms with Crippen molar-refractivity contribution in [2.24, 2.45) is 35.5 Å². The van der Waals surface area contributed by atoms with Crippen LogP contribution in [0.25, 0.3) is 0 Å². The molecule has 0 radical (unpaired) electrons. The molecule has 2 heterocycles. The normalized spacial score (nSPS) is 22.1. The van der Waals surface area contributed by atoms with E-state index in [9.17, 15) is 47.9 Å². The van der Waals surface area contributed by atoms with Crippen LogP contribution in [0.2, 0.25) is 0 Å². The van der Waals surface area contributed by atoms with Crippen molar-refractivity contribution < 1.29 is 57.3 Å². The number of unbranched alkanes of at least 4 members (excludes halogenated alkanes) is 2. The fraction of sp³-hybridized carbons (Fsp3) is 0.686. The Morgan fingerprint density at radius 2 is 1.51 bits per heavy atom. The molecule has 3 aliphatic rings. The molecule has 2 aliphatic heterocycles. The number of aliphatic carboxylic acids is 1. The number of benzene rings is 1. The number of carboxylic acids is 1. The quantitative estimate of drug-likeness (QED) is 0.0840. The second kappa shape index (κ2) is 25.1. The van der Waals surface area contributed by atoms with Crippen molar-refractivity contribution in [2.45, 2.75) is 155 Å². The van der Waals surface area contributed by atoms with E-state index in [0.717, 1.165) is 4.90 Å². The summed E-state index contributed by atoms with van der Waals surface area (Å²) in [6.07, 6.45) is 3.48. The van der Waals surface area contributed by atoms with Crippen LogP contribution in [0.5, 0.6) is 0 Å². The highest BCUT2D eigenvalue weighted by molar-refractivity contribution is 6.12. The summed E-state index contributed by atoms with van der Waals surface area (Å²) in [6, 6.07) is 1.24. The summed E-state index contributed by atoms with van der Waals surface area (Å²) in [5.74, 6) is -5.94. The number of carboxylic acid groups (broad SMARTS) is 1. The van der Waals surface area contributed by atoms with E-state index in [-0.39, 0.29) is 96.5 Å². The minimum Gasteiger partial charge on any atom is -0.480 e. The Morgan fingerprint density at radius 1 is 0.870 bits per heavy atom. The first kappa shape index (κ1) is 56.4. The van der Waals surface area contributed by atoms with E-state index in [2.05, 4.69) is 17.6 Å². The Hall–Kier alpha value is -5.23. The number of hydrogen-bond donors (Lipinski definition) is 3. The maximum Gasteiger partial charge on any atom is 0.326 e. The Balaban J connectivity index is 1.46. The number of carbonyl (C=O) groups is 8. The molecule has 2 unspecified atom stereocenters. The average molecular weight is 969 g/mol. The summed E-state index contributed by atoms with van der Waals surface area (Å²) in [7, 11) is 6.17. The number of halogens is 1. The van der Waals surface area contributed by atoms with Gasteiger partial charge in [-0.3, -0.25) is 38.5 Å². The predicted molar refractivity (Wildman–Crippen MR) is 255 cm³/mol. The van der Waals surface area contributed by atoms with Gasteiger partial charge in [0, 0.05) is 65.9 Å². The number of likely N-dealkylation sites (N-methyl/N-ethyl adjacent to an activating group) is 2. The Labute approximate surface area is 407 Å². The van der Waals surface area contributed by atoms with Crippen LogP contribution in [0, 0.1) is 41.3 Å². The predicted octanol–water partition coefficient (Wildman–Crippen LogP) is 4.21. The van der Waals surface area contributed by atoms with E-state index in [1.807, 2.05) is 41.5 Å². The van der Waals surface area contributed by atoms with Gasteiger partial charge in [0.1, 0.15) is 23.9 Å². The fourth-order valence-electron chi connectivity index (χ4n) is 10.4. The van der Waals surface area contributed by atoms with E-state index < -0.39 is 71.9 Å². The van der Waals surface area contributed by atoms with E-state index in [0.29, 0.717) is 32.1 Å². The number of fused-ring (bicyclic) bond motifs is 1. The molecular formula is C51H77FN6O11. The van der Waals surface area contributed by atoms with Gasteiger partial charge < -0.3 is 39.9 Å². The summed E-state index contributed by atoms with van der Waals surface area (Å²) in [4.78, 5) is 113. The lowest BCUT2D eigenvalue weighted by molar-refractivity contribution is -0.150. The van der Waals surface area contributed by atoms with Crippen molar-refractivity contribution in [2.75, 3.05) is 34.9 Å². The zero-order chi connectivity index (χ0) is 51.6. The molecule has 0 spiro atoms. The number of likely N-dealkylation sites (tertiary alicyclic amines) is 1. The Bertz CT molecular complexity index is 2030. The number of carbonyl (C=O) groups excluding carboxylic acids is 7. The van der Waals surface area contributed by atoms with Crippen molar-refractivity contribution in [3.63, 3.8) is 0 Å². The molecule has 384 valence electrons. The molecule has 3 N–H and O–H groups in total. The smallest absolute Gasteiger partial charge is 0.326 e. The molecule has 0 aromatic heterocycles. The van der Waals surface area contributed by atoms with Gasteiger partial charge >= 0.3 is 5.97 Å². The van der Waals surface area contributed by atoms with E-state index >= 15 is 0 Å². The minimum absolute atomic E-state index is 0.108. The standard InChI is InChI=1S/C51H77FN6O11/c1-13-30(6)45(56(10)50(65)43(28(2)3)54-49(64)44(29(4)5)55(9)39(59)21-15-14-18-24-57-40(60)22-23-41(57)61)38(68-11)27-42(62)58-37(26-34-31(7)46(34)58)47(69-12)32(8)48(63)53-36(51(66)67)25-33-19-16-17-20-35(33)52/h16-17,19-20,22-23,28-32,34,36-38,43-47H,13-15,18,21,24-27H2,1-12H3,(H,53,63)(H,54,64)(H,66,67)/t30-,31-,32+,34?,36-,37-,38+,43-,44-,45-,46?,47+/m0/s1. The number of imide groups is 1. The lowest BCUT2D eigenvalue weighted by Crippen LogP contribution is -2.60. The minimum atomic E-state index is -1.41. The first-order valence-electron chi connectivity index (χ1n) is 24.5. The van der Waals surface area contributed by atoms with Crippen molar-refractivity contribution in [1.82, 2.24) is 30.2 Å². The topological polar surface area (TPSA) is 212 Å². The van der Waals surface area contributed by atoms with E-state index in [1.54, 1.807) is 36.9 Å². The molecule has 1 saturated carbocycles. The number of nitrogens with zero attached hydrogens (tertiary/aromatic N) is 4. The summed E-state index contributed by atoms with van der Waals surface area (Å²) in [5.41, 5.74) is 0.146. The zero-order valence-corrected chi connectivity index (χ0v) is 42.6. The van der Waals surface area contributed by atoms with Crippen molar-refractivity contribution in [3.05, 3.63) is 47.8 Å². The number of ether oxygens (including phenoxy) is 2. The zero-order valence-electron chi connectivity index (χ0n) is 42.6.